The maximum Gasteiger partial charge on any atom is 0.128 e. The third-order valence-corrected chi connectivity index (χ3v) is 3.33. The topological polar surface area (TPSA) is 25.4 Å². The van der Waals surface area contributed by atoms with Crippen molar-refractivity contribution in [1.29, 1.82) is 0 Å². The van der Waals surface area contributed by atoms with Crippen LogP contribution in [0.4, 0.5) is 0 Å². The van der Waals surface area contributed by atoms with Gasteiger partial charge >= 0.3 is 0 Å². The minimum Gasteiger partial charge on any atom is -0.496 e. The van der Waals surface area contributed by atoms with Crippen LogP contribution in [0, 0.1) is 0 Å². The van der Waals surface area contributed by atoms with E-state index < -0.39 is 0 Å². The Bertz CT molecular complexity index is 565. The van der Waals surface area contributed by atoms with E-state index in [1.54, 1.807) is 7.11 Å². The van der Waals surface area contributed by atoms with Gasteiger partial charge in [0, 0.05) is 18.3 Å². The van der Waals surface area contributed by atoms with Crippen molar-refractivity contribution in [2.45, 2.75) is 19.9 Å². The molecule has 0 fully saturated rings. The first-order valence-electron chi connectivity index (χ1n) is 6.91. The molecule has 3 heteroatoms. The van der Waals surface area contributed by atoms with Crippen LogP contribution in [0.1, 0.15) is 18.1 Å². The third-order valence-electron chi connectivity index (χ3n) is 3.33. The molecule has 0 unspecified atom stereocenters. The van der Waals surface area contributed by atoms with Crippen LogP contribution in [-0.2, 0) is 13.0 Å². The first-order valence-corrected chi connectivity index (χ1v) is 6.91. The molecule has 0 atom stereocenters. The van der Waals surface area contributed by atoms with Gasteiger partial charge in [0.05, 0.1) is 12.8 Å². The normalized spacial score (nSPS) is 10.8. The highest BCUT2D eigenvalue weighted by Crippen LogP contribution is 2.32. The highest BCUT2D eigenvalue weighted by atomic mass is 16.5. The van der Waals surface area contributed by atoms with E-state index in [0.717, 1.165) is 30.0 Å². The Kier molecular flexibility index (Phi) is 4.74. The van der Waals surface area contributed by atoms with Gasteiger partial charge in [-0.15, -0.1) is 0 Å². The summed E-state index contributed by atoms with van der Waals surface area (Å²) >= 11 is 0. The number of hydrogen-bond acceptors (Lipinski definition) is 3. The third kappa shape index (κ3) is 3.17. The number of nitrogens with zero attached hydrogens (tertiary/aromatic N) is 2. The van der Waals surface area contributed by atoms with Crippen molar-refractivity contribution in [3.63, 3.8) is 0 Å². The van der Waals surface area contributed by atoms with Crippen molar-refractivity contribution in [2.24, 2.45) is 0 Å². The molecule has 2 rings (SSSR count). The number of pyridine rings is 1. The fraction of sp³-hybridized carbons (Fsp3) is 0.353. The Hall–Kier alpha value is -1.87. The van der Waals surface area contributed by atoms with Crippen molar-refractivity contribution in [2.75, 3.05) is 21.2 Å². The van der Waals surface area contributed by atoms with Crippen molar-refractivity contribution in [3.05, 3.63) is 47.7 Å². The summed E-state index contributed by atoms with van der Waals surface area (Å²) in [4.78, 5) is 6.61. The first kappa shape index (κ1) is 14.5. The summed E-state index contributed by atoms with van der Waals surface area (Å²) in [6.45, 7) is 3.10. The van der Waals surface area contributed by atoms with Crippen molar-refractivity contribution in [1.82, 2.24) is 9.88 Å². The van der Waals surface area contributed by atoms with Crippen LogP contribution in [-0.4, -0.2) is 31.1 Å². The minimum absolute atomic E-state index is 0.887. The summed E-state index contributed by atoms with van der Waals surface area (Å²) in [6, 6.07) is 10.3. The Morgan fingerprint density at radius 1 is 1.15 bits per heavy atom. The van der Waals surface area contributed by atoms with Gasteiger partial charge in [-0.05, 0) is 55.9 Å². The molecule has 0 aliphatic heterocycles. The fourth-order valence-corrected chi connectivity index (χ4v) is 2.37. The zero-order valence-electron chi connectivity index (χ0n) is 12.7. The van der Waals surface area contributed by atoms with Crippen molar-refractivity contribution in [3.8, 4) is 17.0 Å². The molecule has 0 saturated carbocycles. The largest absolute Gasteiger partial charge is 0.496 e. The van der Waals surface area contributed by atoms with Crippen molar-refractivity contribution >= 4 is 0 Å². The van der Waals surface area contributed by atoms with Crippen LogP contribution in [0.25, 0.3) is 11.3 Å². The van der Waals surface area contributed by atoms with Crippen LogP contribution in [0.5, 0.6) is 5.75 Å². The lowest BCUT2D eigenvalue weighted by atomic mass is 9.98. The smallest absolute Gasteiger partial charge is 0.128 e. The molecule has 1 aromatic heterocycles. The van der Waals surface area contributed by atoms with Crippen LogP contribution in [0.15, 0.2) is 36.5 Å². The van der Waals surface area contributed by atoms with E-state index in [0.29, 0.717) is 0 Å². The molecule has 0 saturated heterocycles. The minimum atomic E-state index is 0.887. The van der Waals surface area contributed by atoms with Gasteiger partial charge in [0.25, 0.3) is 0 Å². The second-order valence-corrected chi connectivity index (χ2v) is 5.13. The standard InChI is InChI=1S/C17H22N2O/c1-5-13-10-15(16-8-6-7-9-18-16)17(20-4)11-14(13)12-19(2)3/h6-11H,5,12H2,1-4H3. The van der Waals surface area contributed by atoms with Crippen molar-refractivity contribution < 1.29 is 4.74 Å². The number of hydrogen-bond donors (Lipinski definition) is 0. The summed E-state index contributed by atoms with van der Waals surface area (Å²) in [5, 5.41) is 0. The Balaban J connectivity index is 2.53. The number of aromatic nitrogens is 1. The maximum absolute atomic E-state index is 5.56. The molecule has 0 aliphatic rings. The lowest BCUT2D eigenvalue weighted by Gasteiger charge is -2.17. The van der Waals surface area contributed by atoms with E-state index in [1.165, 1.54) is 11.1 Å². The van der Waals surface area contributed by atoms with Crippen LogP contribution in [0.2, 0.25) is 0 Å². The molecule has 0 radical (unpaired) electrons. The summed E-state index contributed by atoms with van der Waals surface area (Å²) in [5.41, 5.74) is 4.68. The molecule has 20 heavy (non-hydrogen) atoms. The monoisotopic (exact) mass is 270 g/mol. The molecule has 0 bridgehead atoms. The SMILES string of the molecule is CCc1cc(-c2ccccn2)c(OC)cc1CN(C)C. The Morgan fingerprint density at radius 3 is 2.50 bits per heavy atom. The quantitative estimate of drug-likeness (QED) is 0.833. The van der Waals surface area contributed by atoms with E-state index >= 15 is 0 Å². The number of methoxy groups -OCH3 is 1. The number of ether oxygens (including phenoxy) is 1. The number of rotatable bonds is 5. The molecular formula is C17H22N2O. The van der Waals surface area contributed by atoms with Gasteiger partial charge in [-0.25, -0.2) is 0 Å². The molecule has 3 nitrogen and oxygen atoms in total. The van der Waals surface area contributed by atoms with Crippen LogP contribution in [0.3, 0.4) is 0 Å². The molecule has 106 valence electrons. The molecule has 0 amide bonds. The second kappa shape index (κ2) is 6.53. The predicted octanol–water partition coefficient (Wildman–Crippen LogP) is 3.38. The highest BCUT2D eigenvalue weighted by Gasteiger charge is 2.12. The highest BCUT2D eigenvalue weighted by molar-refractivity contribution is 5.69. The zero-order valence-corrected chi connectivity index (χ0v) is 12.7. The average Bonchev–Trinajstić information content (AvgIpc) is 2.47. The lowest BCUT2D eigenvalue weighted by molar-refractivity contribution is 0.394. The Morgan fingerprint density at radius 2 is 1.95 bits per heavy atom. The summed E-state index contributed by atoms with van der Waals surface area (Å²) < 4.78 is 5.56. The summed E-state index contributed by atoms with van der Waals surface area (Å²) in [5.74, 6) is 0.887. The molecule has 1 heterocycles. The second-order valence-electron chi connectivity index (χ2n) is 5.13. The van der Waals surface area contributed by atoms with Crippen LogP contribution >= 0.6 is 0 Å². The Labute approximate surface area is 121 Å². The lowest BCUT2D eigenvalue weighted by Crippen LogP contribution is -2.12. The molecule has 2 aromatic rings. The average molecular weight is 270 g/mol. The van der Waals surface area contributed by atoms with Gasteiger partial charge in [0.2, 0.25) is 0 Å². The van der Waals surface area contributed by atoms with Crippen LogP contribution < -0.4 is 4.74 Å². The fourth-order valence-electron chi connectivity index (χ4n) is 2.37. The van der Waals surface area contributed by atoms with Gasteiger partial charge in [0.15, 0.2) is 0 Å². The maximum atomic E-state index is 5.56. The van der Waals surface area contributed by atoms with Gasteiger partial charge < -0.3 is 9.64 Å². The first-order chi connectivity index (χ1) is 9.65. The predicted molar refractivity (Wildman–Crippen MR) is 83.0 cm³/mol. The number of aryl methyl sites for hydroxylation is 1. The summed E-state index contributed by atoms with van der Waals surface area (Å²) in [7, 11) is 5.88. The van der Waals surface area contributed by atoms with E-state index in [2.05, 4.69) is 43.0 Å². The number of benzene rings is 1. The molecule has 1 aromatic carbocycles. The molecule has 0 N–H and O–H groups in total. The van der Waals surface area contributed by atoms with Gasteiger partial charge in [-0.1, -0.05) is 13.0 Å². The molecular weight excluding hydrogens is 248 g/mol. The zero-order chi connectivity index (χ0) is 14.5. The van der Waals surface area contributed by atoms with Gasteiger partial charge in [0.1, 0.15) is 5.75 Å². The summed E-state index contributed by atoms with van der Waals surface area (Å²) in [6.07, 6.45) is 2.82. The van der Waals surface area contributed by atoms with Gasteiger partial charge in [-0.3, -0.25) is 4.98 Å². The van der Waals surface area contributed by atoms with E-state index in [9.17, 15) is 0 Å². The van der Waals surface area contributed by atoms with E-state index in [1.807, 2.05) is 24.4 Å². The van der Waals surface area contributed by atoms with E-state index in [4.69, 9.17) is 4.74 Å². The van der Waals surface area contributed by atoms with Gasteiger partial charge in [-0.2, -0.15) is 0 Å². The van der Waals surface area contributed by atoms with E-state index in [-0.39, 0.29) is 0 Å². The molecule has 0 aliphatic carbocycles. The molecule has 0 spiro atoms.